The third-order valence-corrected chi connectivity index (χ3v) is 4.18. The van der Waals surface area contributed by atoms with Gasteiger partial charge < -0.3 is 21.5 Å². The van der Waals surface area contributed by atoms with Crippen LogP contribution in [0.1, 0.15) is 46.0 Å². The van der Waals surface area contributed by atoms with Crippen molar-refractivity contribution < 1.29 is 14.7 Å². The molecule has 5 N–H and O–H groups in total. The molecule has 0 spiro atoms. The lowest BCUT2D eigenvalue weighted by molar-refractivity contribution is -0.123. The van der Waals surface area contributed by atoms with E-state index in [4.69, 9.17) is 5.73 Å². The van der Waals surface area contributed by atoms with Crippen molar-refractivity contribution in [3.05, 3.63) is 0 Å². The Morgan fingerprint density at radius 1 is 1.24 bits per heavy atom. The largest absolute Gasteiger partial charge is 0.396 e. The van der Waals surface area contributed by atoms with Crippen LogP contribution in [0.15, 0.2) is 0 Å². The molecule has 6 heteroatoms. The van der Waals surface area contributed by atoms with E-state index >= 15 is 0 Å². The van der Waals surface area contributed by atoms with Crippen molar-refractivity contribution in [1.29, 1.82) is 0 Å². The molecule has 0 aromatic rings. The highest BCUT2D eigenvalue weighted by atomic mass is 16.3. The van der Waals surface area contributed by atoms with Gasteiger partial charge in [0, 0.05) is 13.2 Å². The Hall–Kier alpha value is -1.30. The topological polar surface area (TPSA) is 104 Å². The third kappa shape index (κ3) is 6.33. The zero-order valence-corrected chi connectivity index (χ0v) is 13.1. The summed E-state index contributed by atoms with van der Waals surface area (Å²) in [6.45, 7) is 4.71. The number of urea groups is 1. The minimum Gasteiger partial charge on any atom is -0.396 e. The van der Waals surface area contributed by atoms with Crippen LogP contribution in [0.3, 0.4) is 0 Å². The molecule has 3 amide bonds. The van der Waals surface area contributed by atoms with Crippen LogP contribution in [-0.2, 0) is 4.79 Å². The molecule has 1 rings (SSSR count). The van der Waals surface area contributed by atoms with E-state index in [2.05, 4.69) is 10.6 Å². The second-order valence-electron chi connectivity index (χ2n) is 6.42. The van der Waals surface area contributed by atoms with Gasteiger partial charge in [0.05, 0.1) is 0 Å². The molecule has 1 fully saturated rings. The van der Waals surface area contributed by atoms with Gasteiger partial charge >= 0.3 is 6.03 Å². The van der Waals surface area contributed by atoms with Crippen molar-refractivity contribution in [2.75, 3.05) is 13.2 Å². The summed E-state index contributed by atoms with van der Waals surface area (Å²) in [7, 11) is 0. The molecule has 1 aliphatic carbocycles. The smallest absolute Gasteiger partial charge is 0.312 e. The number of hydrogen-bond acceptors (Lipinski definition) is 3. The number of amides is 3. The Morgan fingerprint density at radius 2 is 1.86 bits per heavy atom. The third-order valence-electron chi connectivity index (χ3n) is 4.18. The summed E-state index contributed by atoms with van der Waals surface area (Å²) in [5, 5.41) is 14.8. The molecule has 6 nitrogen and oxygen atoms in total. The highest BCUT2D eigenvalue weighted by molar-refractivity contribution is 5.86. The number of nitrogens with two attached hydrogens (primary N) is 1. The fraction of sp³-hybridized carbons (Fsp3) is 0.867. The van der Waals surface area contributed by atoms with E-state index in [1.165, 1.54) is 0 Å². The average molecular weight is 299 g/mol. The molecular weight excluding hydrogens is 270 g/mol. The maximum atomic E-state index is 12.2. The Kier molecular flexibility index (Phi) is 7.50. The van der Waals surface area contributed by atoms with E-state index in [0.29, 0.717) is 18.9 Å². The van der Waals surface area contributed by atoms with Crippen molar-refractivity contribution >= 4 is 11.9 Å². The highest BCUT2D eigenvalue weighted by Gasteiger charge is 2.26. The standard InChI is InChI=1S/C15H29N3O3/c1-10(2)7-13(18-15(16)21)14(20)17-8-11-5-3-4-6-12(11)9-19/h10-13,19H,3-9H2,1-2H3,(H,17,20)(H3,16,18,21). The van der Waals surface area contributed by atoms with Crippen molar-refractivity contribution in [3.63, 3.8) is 0 Å². The van der Waals surface area contributed by atoms with Crippen molar-refractivity contribution in [2.45, 2.75) is 52.0 Å². The number of carbonyl (C=O) groups excluding carboxylic acids is 2. The lowest BCUT2D eigenvalue weighted by Crippen LogP contribution is -2.50. The predicted octanol–water partition coefficient (Wildman–Crippen LogP) is 0.984. The zero-order chi connectivity index (χ0) is 15.8. The lowest BCUT2D eigenvalue weighted by atomic mass is 9.79. The van der Waals surface area contributed by atoms with Crippen molar-refractivity contribution in [3.8, 4) is 0 Å². The number of primary amides is 1. The highest BCUT2D eigenvalue weighted by Crippen LogP contribution is 2.29. The minimum absolute atomic E-state index is 0.176. The van der Waals surface area contributed by atoms with Crippen LogP contribution >= 0.6 is 0 Å². The fourth-order valence-corrected chi connectivity index (χ4v) is 3.02. The van der Waals surface area contributed by atoms with Crippen molar-refractivity contribution in [2.24, 2.45) is 23.5 Å². The van der Waals surface area contributed by atoms with Crippen LogP contribution in [0, 0.1) is 17.8 Å². The monoisotopic (exact) mass is 299 g/mol. The van der Waals surface area contributed by atoms with Gasteiger partial charge in [0.25, 0.3) is 0 Å². The maximum Gasteiger partial charge on any atom is 0.312 e. The second kappa shape index (κ2) is 8.87. The molecule has 0 aromatic heterocycles. The normalized spacial score (nSPS) is 23.6. The Morgan fingerprint density at radius 3 is 2.38 bits per heavy atom. The summed E-state index contributed by atoms with van der Waals surface area (Å²) in [5.74, 6) is 0.685. The number of nitrogens with one attached hydrogen (secondary N) is 2. The van der Waals surface area contributed by atoms with Gasteiger partial charge in [0.15, 0.2) is 0 Å². The Labute approximate surface area is 126 Å². The molecule has 3 unspecified atom stereocenters. The summed E-state index contributed by atoms with van der Waals surface area (Å²) in [6, 6.07) is -1.26. The number of carbonyl (C=O) groups is 2. The molecule has 0 aliphatic heterocycles. The minimum atomic E-state index is -0.679. The summed E-state index contributed by atoms with van der Waals surface area (Å²) < 4.78 is 0. The second-order valence-corrected chi connectivity index (χ2v) is 6.42. The Bertz CT molecular complexity index is 347. The summed E-state index contributed by atoms with van der Waals surface area (Å²) >= 11 is 0. The van der Waals surface area contributed by atoms with Gasteiger partial charge in [-0.15, -0.1) is 0 Å². The SMILES string of the molecule is CC(C)CC(NC(N)=O)C(=O)NCC1CCCCC1CO. The van der Waals surface area contributed by atoms with Crippen LogP contribution < -0.4 is 16.4 Å². The van der Waals surface area contributed by atoms with Gasteiger partial charge in [-0.05, 0) is 37.0 Å². The number of hydrogen-bond donors (Lipinski definition) is 4. The van der Waals surface area contributed by atoms with Gasteiger partial charge in [-0.2, -0.15) is 0 Å². The first-order valence-electron chi connectivity index (χ1n) is 7.88. The van der Waals surface area contributed by atoms with E-state index in [-0.39, 0.29) is 24.3 Å². The first-order valence-corrected chi connectivity index (χ1v) is 7.88. The van der Waals surface area contributed by atoms with E-state index in [1.54, 1.807) is 0 Å². The number of aliphatic hydroxyl groups is 1. The molecule has 0 bridgehead atoms. The lowest BCUT2D eigenvalue weighted by Gasteiger charge is -2.31. The van der Waals surface area contributed by atoms with E-state index < -0.39 is 12.1 Å². The first kappa shape index (κ1) is 17.8. The molecule has 1 aliphatic rings. The fourth-order valence-electron chi connectivity index (χ4n) is 3.02. The molecule has 122 valence electrons. The first-order chi connectivity index (χ1) is 9.93. The van der Waals surface area contributed by atoms with Crippen LogP contribution in [0.5, 0.6) is 0 Å². The van der Waals surface area contributed by atoms with E-state index in [9.17, 15) is 14.7 Å². The van der Waals surface area contributed by atoms with Crippen LogP contribution in [0.4, 0.5) is 4.79 Å². The van der Waals surface area contributed by atoms with Crippen molar-refractivity contribution in [1.82, 2.24) is 10.6 Å². The molecule has 0 aromatic carbocycles. The van der Waals surface area contributed by atoms with E-state index in [1.807, 2.05) is 13.8 Å². The molecule has 1 saturated carbocycles. The van der Waals surface area contributed by atoms with Gasteiger partial charge in [-0.3, -0.25) is 4.79 Å². The van der Waals surface area contributed by atoms with Crippen LogP contribution in [-0.4, -0.2) is 36.2 Å². The Balaban J connectivity index is 2.49. The van der Waals surface area contributed by atoms with Gasteiger partial charge in [0.1, 0.15) is 6.04 Å². The summed E-state index contributed by atoms with van der Waals surface area (Å²) in [5.41, 5.74) is 5.13. The van der Waals surface area contributed by atoms with Gasteiger partial charge in [-0.25, -0.2) is 4.79 Å². The molecule has 0 radical (unpaired) electrons. The van der Waals surface area contributed by atoms with Gasteiger partial charge in [-0.1, -0.05) is 26.7 Å². The van der Waals surface area contributed by atoms with Crippen LogP contribution in [0.2, 0.25) is 0 Å². The molecule has 0 saturated heterocycles. The summed E-state index contributed by atoms with van der Waals surface area (Å²) in [4.78, 5) is 23.2. The predicted molar refractivity (Wildman–Crippen MR) is 81.5 cm³/mol. The van der Waals surface area contributed by atoms with E-state index in [0.717, 1.165) is 25.7 Å². The molecule has 3 atom stereocenters. The van der Waals surface area contributed by atoms with Crippen LogP contribution in [0.25, 0.3) is 0 Å². The average Bonchev–Trinajstić information content (AvgIpc) is 2.43. The van der Waals surface area contributed by atoms with Gasteiger partial charge in [0.2, 0.25) is 5.91 Å². The zero-order valence-electron chi connectivity index (χ0n) is 13.1. The summed E-state index contributed by atoms with van der Waals surface area (Å²) in [6.07, 6.45) is 4.90. The molecule has 21 heavy (non-hydrogen) atoms. The number of aliphatic hydroxyl groups excluding tert-OH is 1. The quantitative estimate of drug-likeness (QED) is 0.563. The number of rotatable bonds is 7. The molecule has 0 heterocycles. The molecular formula is C15H29N3O3. The maximum absolute atomic E-state index is 12.2.